The Bertz CT molecular complexity index is 1040. The maximum Gasteiger partial charge on any atom is 0.325 e. The van der Waals surface area contributed by atoms with Crippen molar-refractivity contribution >= 4 is 11.7 Å². The van der Waals surface area contributed by atoms with Crippen molar-refractivity contribution in [2.75, 3.05) is 18.0 Å². The summed E-state index contributed by atoms with van der Waals surface area (Å²) in [5.74, 6) is 0.0895. The second-order valence-corrected chi connectivity index (χ2v) is 11.0. The van der Waals surface area contributed by atoms with E-state index in [4.69, 9.17) is 5.73 Å². The number of β-amino-alcohol motifs (C(OH)–C–C–N with tert-alkyl or cyclic N) is 1. The Kier molecular flexibility index (Phi) is 5.44. The SMILES string of the molecule is CC(C)(F)c1ncc(N2C[C@]3(CC[C@@](N)(c4ccccc4)CC3)N(CC3(O)CCC3)C2=O)cn1. The van der Waals surface area contributed by atoms with E-state index in [1.54, 1.807) is 4.90 Å². The molecule has 0 atom stereocenters. The van der Waals surface area contributed by atoms with Gasteiger partial charge in [0.2, 0.25) is 0 Å². The number of nitrogens with zero attached hydrogens (tertiary/aromatic N) is 4. The van der Waals surface area contributed by atoms with Crippen molar-refractivity contribution in [2.45, 2.75) is 81.1 Å². The van der Waals surface area contributed by atoms with Gasteiger partial charge in [-0.1, -0.05) is 30.3 Å². The summed E-state index contributed by atoms with van der Waals surface area (Å²) in [6, 6.07) is 10.0. The standard InChI is InChI=1S/C26H34FN5O2/c1-23(2,27)21-29-15-20(16-30-21)31-17-24(32(22(31)33)18-25(34)9-6-10-25)11-13-26(28,14-12-24)19-7-4-3-5-8-19/h3-5,7-8,15-16,34H,6,9-14,17-18,28H2,1-2H3/t24-,26+. The summed E-state index contributed by atoms with van der Waals surface area (Å²) in [5.41, 5.74) is 5.20. The fraction of sp³-hybridized carbons (Fsp3) is 0.577. The predicted octanol–water partition coefficient (Wildman–Crippen LogP) is 4.01. The fourth-order valence-corrected chi connectivity index (χ4v) is 5.69. The highest BCUT2D eigenvalue weighted by Crippen LogP contribution is 2.48. The van der Waals surface area contributed by atoms with Crippen LogP contribution in [0, 0.1) is 0 Å². The number of hydrogen-bond acceptors (Lipinski definition) is 5. The lowest BCUT2D eigenvalue weighted by molar-refractivity contribution is -0.0683. The molecule has 3 fully saturated rings. The van der Waals surface area contributed by atoms with E-state index in [2.05, 4.69) is 22.1 Å². The predicted molar refractivity (Wildman–Crippen MR) is 128 cm³/mol. The maximum atomic E-state index is 14.2. The molecule has 8 heteroatoms. The fourth-order valence-electron chi connectivity index (χ4n) is 5.69. The average molecular weight is 468 g/mol. The minimum absolute atomic E-state index is 0.0895. The largest absolute Gasteiger partial charge is 0.388 e. The van der Waals surface area contributed by atoms with Gasteiger partial charge in [0.25, 0.3) is 0 Å². The lowest BCUT2D eigenvalue weighted by Gasteiger charge is -2.49. The van der Waals surface area contributed by atoms with E-state index in [9.17, 15) is 14.3 Å². The van der Waals surface area contributed by atoms with Gasteiger partial charge in [0.1, 0.15) is 0 Å². The molecule has 2 saturated carbocycles. The molecular formula is C26H34FN5O2. The third kappa shape index (κ3) is 3.96. The Hall–Kier alpha value is -2.58. The van der Waals surface area contributed by atoms with Crippen LogP contribution in [0.1, 0.15) is 70.2 Å². The zero-order valence-electron chi connectivity index (χ0n) is 20.0. The summed E-state index contributed by atoms with van der Waals surface area (Å²) in [4.78, 5) is 25.6. The normalized spacial score (nSPS) is 28.9. The quantitative estimate of drug-likeness (QED) is 0.693. The summed E-state index contributed by atoms with van der Waals surface area (Å²) in [6.45, 7) is 3.62. The van der Waals surface area contributed by atoms with Gasteiger partial charge < -0.3 is 15.7 Å². The van der Waals surface area contributed by atoms with Crippen LogP contribution >= 0.6 is 0 Å². The molecule has 1 aromatic carbocycles. The second-order valence-electron chi connectivity index (χ2n) is 11.0. The third-order valence-electron chi connectivity index (χ3n) is 8.13. The van der Waals surface area contributed by atoms with E-state index in [1.807, 2.05) is 23.1 Å². The van der Waals surface area contributed by atoms with E-state index in [0.29, 0.717) is 31.6 Å². The zero-order chi connectivity index (χ0) is 24.2. The molecule has 182 valence electrons. The highest BCUT2D eigenvalue weighted by Gasteiger charge is 2.55. The van der Waals surface area contributed by atoms with Crippen LogP contribution in [-0.2, 0) is 11.2 Å². The molecule has 1 aromatic heterocycles. The van der Waals surface area contributed by atoms with Gasteiger partial charge in [-0.25, -0.2) is 19.2 Å². The van der Waals surface area contributed by atoms with Gasteiger partial charge in [-0.2, -0.15) is 0 Å². The molecule has 0 bridgehead atoms. The van der Waals surface area contributed by atoms with Gasteiger partial charge >= 0.3 is 6.03 Å². The number of carbonyl (C=O) groups is 1. The molecule has 0 unspecified atom stereocenters. The van der Waals surface area contributed by atoms with Crippen molar-refractivity contribution in [1.82, 2.24) is 14.9 Å². The van der Waals surface area contributed by atoms with Crippen LogP contribution in [0.4, 0.5) is 14.9 Å². The Morgan fingerprint density at radius 3 is 2.21 bits per heavy atom. The molecular weight excluding hydrogens is 433 g/mol. The lowest BCUT2D eigenvalue weighted by Crippen LogP contribution is -2.59. The number of alkyl halides is 1. The van der Waals surface area contributed by atoms with Crippen LogP contribution in [-0.4, -0.2) is 50.2 Å². The summed E-state index contributed by atoms with van der Waals surface area (Å²) in [7, 11) is 0. The Balaban J connectivity index is 1.42. The number of amides is 2. The van der Waals surface area contributed by atoms with Crippen molar-refractivity contribution in [3.05, 3.63) is 54.1 Å². The number of benzene rings is 1. The van der Waals surface area contributed by atoms with E-state index >= 15 is 0 Å². The number of carbonyl (C=O) groups excluding carboxylic acids is 1. The van der Waals surface area contributed by atoms with Gasteiger partial charge in [0.05, 0.1) is 42.3 Å². The maximum absolute atomic E-state index is 14.2. The summed E-state index contributed by atoms with van der Waals surface area (Å²) in [6.07, 6.45) is 8.43. The van der Waals surface area contributed by atoms with E-state index < -0.39 is 22.3 Å². The molecule has 3 aliphatic rings. The number of anilines is 1. The minimum Gasteiger partial charge on any atom is -0.388 e. The number of aromatic nitrogens is 2. The van der Waals surface area contributed by atoms with Crippen LogP contribution in [0.25, 0.3) is 0 Å². The molecule has 0 radical (unpaired) electrons. The number of halogens is 1. The molecule has 1 spiro atoms. The highest BCUT2D eigenvalue weighted by molar-refractivity contribution is 5.95. The minimum atomic E-state index is -1.65. The molecule has 2 amide bonds. The average Bonchev–Trinajstić information content (AvgIpc) is 3.06. The first kappa shape index (κ1) is 23.2. The van der Waals surface area contributed by atoms with Crippen molar-refractivity contribution in [2.24, 2.45) is 5.73 Å². The van der Waals surface area contributed by atoms with Crippen LogP contribution in [0.5, 0.6) is 0 Å². The van der Waals surface area contributed by atoms with Crippen LogP contribution in [0.2, 0.25) is 0 Å². The molecule has 5 rings (SSSR count). The molecule has 1 aliphatic heterocycles. The highest BCUT2D eigenvalue weighted by atomic mass is 19.1. The first-order valence-corrected chi connectivity index (χ1v) is 12.2. The topological polar surface area (TPSA) is 95.6 Å². The summed E-state index contributed by atoms with van der Waals surface area (Å²) >= 11 is 0. The van der Waals surface area contributed by atoms with Crippen LogP contribution in [0.15, 0.2) is 42.7 Å². The molecule has 2 heterocycles. The van der Waals surface area contributed by atoms with Gasteiger partial charge in [-0.05, 0) is 64.4 Å². The van der Waals surface area contributed by atoms with Crippen molar-refractivity contribution in [3.63, 3.8) is 0 Å². The Morgan fingerprint density at radius 2 is 1.68 bits per heavy atom. The first-order chi connectivity index (χ1) is 16.0. The van der Waals surface area contributed by atoms with Gasteiger partial charge in [0, 0.05) is 5.54 Å². The number of rotatable bonds is 5. The number of aliphatic hydroxyl groups is 1. The molecule has 34 heavy (non-hydrogen) atoms. The van der Waals surface area contributed by atoms with Crippen molar-refractivity contribution in [3.8, 4) is 0 Å². The summed E-state index contributed by atoms with van der Waals surface area (Å²) < 4.78 is 14.2. The van der Waals surface area contributed by atoms with E-state index in [1.165, 1.54) is 26.2 Å². The van der Waals surface area contributed by atoms with E-state index in [0.717, 1.165) is 37.7 Å². The number of hydrogen-bond donors (Lipinski definition) is 2. The molecule has 1 saturated heterocycles. The third-order valence-corrected chi connectivity index (χ3v) is 8.13. The lowest BCUT2D eigenvalue weighted by atomic mass is 9.69. The molecule has 7 nitrogen and oxygen atoms in total. The Labute approximate surface area is 200 Å². The second kappa shape index (κ2) is 7.99. The smallest absolute Gasteiger partial charge is 0.325 e. The van der Waals surface area contributed by atoms with Gasteiger partial charge in [-0.3, -0.25) is 4.90 Å². The summed E-state index contributed by atoms with van der Waals surface area (Å²) in [5, 5.41) is 11.0. The van der Waals surface area contributed by atoms with Crippen LogP contribution in [0.3, 0.4) is 0 Å². The first-order valence-electron chi connectivity index (χ1n) is 12.2. The van der Waals surface area contributed by atoms with Crippen molar-refractivity contribution < 1.29 is 14.3 Å². The van der Waals surface area contributed by atoms with Crippen molar-refractivity contribution in [1.29, 1.82) is 0 Å². The monoisotopic (exact) mass is 467 g/mol. The zero-order valence-corrected chi connectivity index (χ0v) is 20.0. The molecule has 2 aromatic rings. The Morgan fingerprint density at radius 1 is 1.06 bits per heavy atom. The van der Waals surface area contributed by atoms with E-state index in [-0.39, 0.29) is 11.9 Å². The number of nitrogens with two attached hydrogens (primary N) is 1. The number of urea groups is 1. The van der Waals surface area contributed by atoms with Crippen LogP contribution < -0.4 is 10.6 Å². The van der Waals surface area contributed by atoms with Gasteiger partial charge in [-0.15, -0.1) is 0 Å². The molecule has 2 aliphatic carbocycles. The molecule has 3 N–H and O–H groups in total. The van der Waals surface area contributed by atoms with Gasteiger partial charge in [0.15, 0.2) is 11.5 Å².